The highest BCUT2D eigenvalue weighted by atomic mass is 16.6. The van der Waals surface area contributed by atoms with Crippen molar-refractivity contribution >= 4 is 17.4 Å². The molecule has 0 saturated heterocycles. The Labute approximate surface area is 222 Å². The van der Waals surface area contributed by atoms with Crippen LogP contribution in [0.15, 0.2) is 91.0 Å². The van der Waals surface area contributed by atoms with Crippen molar-refractivity contribution in [3.8, 4) is 35.1 Å². The minimum atomic E-state index is -0.696. The summed E-state index contributed by atoms with van der Waals surface area (Å²) in [5.41, 5.74) is 0.886. The van der Waals surface area contributed by atoms with Crippen molar-refractivity contribution in [3.05, 3.63) is 123 Å². The van der Waals surface area contributed by atoms with Crippen LogP contribution in [0.4, 0.5) is 5.69 Å². The van der Waals surface area contributed by atoms with Crippen LogP contribution in [0.5, 0.6) is 23.0 Å². The van der Waals surface area contributed by atoms with Crippen molar-refractivity contribution in [2.45, 2.75) is 0 Å². The number of rotatable bonds is 9. The molecule has 0 atom stereocenters. The summed E-state index contributed by atoms with van der Waals surface area (Å²) in [6, 6.07) is 26.1. The summed E-state index contributed by atoms with van der Waals surface area (Å²) in [5, 5.41) is 28.9. The second-order valence-electron chi connectivity index (χ2n) is 7.93. The van der Waals surface area contributed by atoms with Crippen LogP contribution in [0.1, 0.15) is 31.8 Å². The van der Waals surface area contributed by atoms with Crippen molar-refractivity contribution in [2.24, 2.45) is 0 Å². The largest absolute Gasteiger partial charge is 0.457 e. The third-order valence-electron chi connectivity index (χ3n) is 5.35. The fraction of sp³-hybridized carbons (Fsp3) is 0.0345. The molecule has 0 aromatic heterocycles. The Morgan fingerprint density at radius 3 is 1.72 bits per heavy atom. The second-order valence-corrected chi connectivity index (χ2v) is 7.93. The van der Waals surface area contributed by atoms with E-state index >= 15 is 0 Å². The summed E-state index contributed by atoms with van der Waals surface area (Å²) in [4.78, 5) is 35.1. The number of carbonyl (C=O) groups is 2. The smallest absolute Gasteiger partial charge is 0.338 e. The standard InChI is InChI=1S/C29H17N3O7/c30-16-21-5-12-27(15-22(21)17-31)39-25-10-3-20(4-11-25)29(34)37-18-28(33)19-1-8-24(9-2-19)38-26-13-6-23(7-14-26)32(35)36/h1-15H,18H2. The van der Waals surface area contributed by atoms with Crippen molar-refractivity contribution in [3.63, 3.8) is 0 Å². The number of benzene rings is 4. The van der Waals surface area contributed by atoms with E-state index in [-0.39, 0.29) is 22.4 Å². The van der Waals surface area contributed by atoms with Gasteiger partial charge < -0.3 is 14.2 Å². The van der Waals surface area contributed by atoms with E-state index in [1.807, 2.05) is 12.1 Å². The molecule has 0 spiro atoms. The molecule has 0 saturated carbocycles. The molecule has 4 aromatic carbocycles. The van der Waals surface area contributed by atoms with Gasteiger partial charge in [0.25, 0.3) is 5.69 Å². The number of hydrogen-bond acceptors (Lipinski definition) is 9. The average Bonchev–Trinajstić information content (AvgIpc) is 2.96. The summed E-state index contributed by atoms with van der Waals surface area (Å²) < 4.78 is 16.4. The monoisotopic (exact) mass is 519 g/mol. The summed E-state index contributed by atoms with van der Waals surface area (Å²) in [7, 11) is 0. The van der Waals surface area contributed by atoms with Gasteiger partial charge in [-0.05, 0) is 78.9 Å². The Balaban J connectivity index is 1.29. The van der Waals surface area contributed by atoms with Crippen molar-refractivity contribution in [2.75, 3.05) is 6.61 Å². The van der Waals surface area contributed by atoms with Gasteiger partial charge in [-0.1, -0.05) is 0 Å². The molecule has 0 heterocycles. The van der Waals surface area contributed by atoms with Crippen LogP contribution in [-0.2, 0) is 4.74 Å². The molecule has 0 amide bonds. The third-order valence-corrected chi connectivity index (χ3v) is 5.35. The number of nitrogens with zero attached hydrogens (tertiary/aromatic N) is 3. The zero-order chi connectivity index (χ0) is 27.8. The van der Waals surface area contributed by atoms with Crippen LogP contribution in [0.2, 0.25) is 0 Å². The Morgan fingerprint density at radius 2 is 1.18 bits per heavy atom. The van der Waals surface area contributed by atoms with Gasteiger partial charge in [0.15, 0.2) is 12.4 Å². The molecule has 10 heteroatoms. The first kappa shape index (κ1) is 26.1. The van der Waals surface area contributed by atoms with E-state index in [0.717, 1.165) is 0 Å². The van der Waals surface area contributed by atoms with Gasteiger partial charge >= 0.3 is 5.97 Å². The molecule has 4 aromatic rings. The molecule has 0 fully saturated rings. The lowest BCUT2D eigenvalue weighted by atomic mass is 10.1. The number of esters is 1. The first-order chi connectivity index (χ1) is 18.9. The number of nitro groups is 1. The van der Waals surface area contributed by atoms with Gasteiger partial charge in [-0.3, -0.25) is 14.9 Å². The summed E-state index contributed by atoms with van der Waals surface area (Å²) >= 11 is 0. The minimum absolute atomic E-state index is 0.0552. The Kier molecular flexibility index (Phi) is 7.90. The molecule has 0 N–H and O–H groups in total. The molecule has 0 aliphatic carbocycles. The molecule has 0 unspecified atom stereocenters. The second kappa shape index (κ2) is 11.8. The maximum absolute atomic E-state index is 12.5. The molecule has 4 rings (SSSR count). The van der Waals surface area contributed by atoms with Crippen molar-refractivity contribution < 1.29 is 28.7 Å². The highest BCUT2D eigenvalue weighted by Gasteiger charge is 2.13. The normalized spacial score (nSPS) is 10.0. The van der Waals surface area contributed by atoms with Crippen LogP contribution in [-0.4, -0.2) is 23.3 Å². The fourth-order valence-electron chi connectivity index (χ4n) is 3.35. The molecule has 0 aliphatic heterocycles. The van der Waals surface area contributed by atoms with Gasteiger partial charge in [0.2, 0.25) is 0 Å². The number of non-ortho nitro benzene ring substituents is 1. The van der Waals surface area contributed by atoms with Crippen LogP contribution in [0.25, 0.3) is 0 Å². The molecule has 10 nitrogen and oxygen atoms in total. The number of ether oxygens (including phenoxy) is 3. The van der Waals surface area contributed by atoms with Crippen LogP contribution < -0.4 is 9.47 Å². The Bertz CT molecular complexity index is 1620. The zero-order valence-electron chi connectivity index (χ0n) is 20.1. The number of nitro benzene ring substituents is 1. The van der Waals surface area contributed by atoms with E-state index in [2.05, 4.69) is 0 Å². The number of ketones is 1. The molecule has 0 aliphatic rings. The summed E-state index contributed by atoms with van der Waals surface area (Å²) in [6.45, 7) is -0.470. The molecular weight excluding hydrogens is 502 g/mol. The van der Waals surface area contributed by atoms with Gasteiger partial charge in [0.1, 0.15) is 35.1 Å². The maximum Gasteiger partial charge on any atom is 0.338 e. The summed E-state index contributed by atoms with van der Waals surface area (Å²) in [5.74, 6) is 0.457. The van der Waals surface area contributed by atoms with Gasteiger partial charge in [0, 0.05) is 17.7 Å². The van der Waals surface area contributed by atoms with Crippen LogP contribution in [0.3, 0.4) is 0 Å². The lowest BCUT2D eigenvalue weighted by Crippen LogP contribution is -2.14. The highest BCUT2D eigenvalue weighted by molar-refractivity contribution is 5.99. The van der Waals surface area contributed by atoms with Crippen LogP contribution in [0, 0.1) is 32.8 Å². The number of nitriles is 2. The van der Waals surface area contributed by atoms with E-state index in [4.69, 9.17) is 24.7 Å². The van der Waals surface area contributed by atoms with Gasteiger partial charge in [-0.2, -0.15) is 10.5 Å². The average molecular weight is 519 g/mol. The fourth-order valence-corrected chi connectivity index (χ4v) is 3.35. The van der Waals surface area contributed by atoms with Crippen molar-refractivity contribution in [1.82, 2.24) is 0 Å². The van der Waals surface area contributed by atoms with Crippen LogP contribution >= 0.6 is 0 Å². The molecule has 39 heavy (non-hydrogen) atoms. The SMILES string of the molecule is N#Cc1ccc(Oc2ccc(C(=O)OCC(=O)c3ccc(Oc4ccc([N+](=O)[O-])cc4)cc3)cc2)cc1C#N. The van der Waals surface area contributed by atoms with Gasteiger partial charge in [0.05, 0.1) is 21.6 Å². The van der Waals surface area contributed by atoms with E-state index in [0.29, 0.717) is 28.6 Å². The molecule has 190 valence electrons. The zero-order valence-corrected chi connectivity index (χ0v) is 20.1. The lowest BCUT2D eigenvalue weighted by Gasteiger charge is -2.08. The Hall–Kier alpha value is -6.00. The Morgan fingerprint density at radius 1 is 0.692 bits per heavy atom. The molecule has 0 bridgehead atoms. The minimum Gasteiger partial charge on any atom is -0.457 e. The third kappa shape index (κ3) is 6.61. The van der Waals surface area contributed by atoms with Gasteiger partial charge in [-0.15, -0.1) is 0 Å². The van der Waals surface area contributed by atoms with E-state index in [1.165, 1.54) is 72.8 Å². The van der Waals surface area contributed by atoms with Crippen molar-refractivity contribution in [1.29, 1.82) is 10.5 Å². The first-order valence-corrected chi connectivity index (χ1v) is 11.3. The predicted octanol–water partition coefficient (Wildman–Crippen LogP) is 5.96. The molecule has 0 radical (unpaired) electrons. The lowest BCUT2D eigenvalue weighted by molar-refractivity contribution is -0.384. The number of carbonyl (C=O) groups excluding carboxylic acids is 2. The number of Topliss-reactive ketones (excluding diaryl/α,β-unsaturated/α-hetero) is 1. The quantitative estimate of drug-likeness (QED) is 0.113. The topological polar surface area (TPSA) is 153 Å². The maximum atomic E-state index is 12.5. The number of hydrogen-bond donors (Lipinski definition) is 0. The first-order valence-electron chi connectivity index (χ1n) is 11.3. The van der Waals surface area contributed by atoms with E-state index < -0.39 is 23.3 Å². The molecular formula is C29H17N3O7. The highest BCUT2D eigenvalue weighted by Crippen LogP contribution is 2.25. The summed E-state index contributed by atoms with van der Waals surface area (Å²) in [6.07, 6.45) is 0. The van der Waals surface area contributed by atoms with Gasteiger partial charge in [-0.25, -0.2) is 4.79 Å². The predicted molar refractivity (Wildman–Crippen MR) is 137 cm³/mol. The van der Waals surface area contributed by atoms with E-state index in [1.54, 1.807) is 18.2 Å². The van der Waals surface area contributed by atoms with E-state index in [9.17, 15) is 19.7 Å².